The van der Waals surface area contributed by atoms with E-state index in [2.05, 4.69) is 87.5 Å². The topological polar surface area (TPSA) is 36.8 Å². The third-order valence-electron chi connectivity index (χ3n) is 4.27. The van der Waals surface area contributed by atoms with E-state index < -0.39 is 4.64 Å². The minimum atomic E-state index is -1.10. The number of aryl methyl sites for hydroxylation is 2. The number of aliphatic hydroxyl groups is 1. The van der Waals surface area contributed by atoms with Gasteiger partial charge in [-0.05, 0) is 0 Å². The molecule has 0 heterocycles. The van der Waals surface area contributed by atoms with E-state index in [0.29, 0.717) is 14.7 Å². The number of hydrogen-bond acceptors (Lipinski definition) is 1. The van der Waals surface area contributed by atoms with Gasteiger partial charge in [-0.15, -0.1) is 0 Å². The first-order valence-corrected chi connectivity index (χ1v) is 16.5. The summed E-state index contributed by atoms with van der Waals surface area (Å²) in [5.41, 5.74) is 2.87. The molecule has 2 rings (SSSR count). The van der Waals surface area contributed by atoms with Gasteiger partial charge in [0, 0.05) is 0 Å². The summed E-state index contributed by atoms with van der Waals surface area (Å²) in [7, 11) is 0. The zero-order chi connectivity index (χ0) is 18.0. The molecule has 2 aromatic carbocycles. The van der Waals surface area contributed by atoms with E-state index in [0.717, 1.165) is 25.8 Å². The Morgan fingerprint density at radius 1 is 0.960 bits per heavy atom. The van der Waals surface area contributed by atoms with Gasteiger partial charge in [-0.1, -0.05) is 0 Å². The SMILES string of the molecule is CC[C@@H](O)C[NH2+][Se][P+]([Se])(CCc1ccccc1)CCc1ccccc1. The molecule has 0 aromatic heterocycles. The molecule has 3 N–H and O–H groups in total. The van der Waals surface area contributed by atoms with Crippen LogP contribution in [0.15, 0.2) is 60.7 Å². The first-order valence-electron chi connectivity index (χ1n) is 8.95. The van der Waals surface area contributed by atoms with Gasteiger partial charge in [0.1, 0.15) is 0 Å². The van der Waals surface area contributed by atoms with E-state index in [1.807, 2.05) is 0 Å². The van der Waals surface area contributed by atoms with E-state index in [-0.39, 0.29) is 6.10 Å². The van der Waals surface area contributed by atoms with Crippen molar-refractivity contribution in [3.63, 3.8) is 0 Å². The summed E-state index contributed by atoms with van der Waals surface area (Å²) in [6, 6.07) is 21.6. The molecule has 0 aliphatic heterocycles. The van der Waals surface area contributed by atoms with Crippen molar-refractivity contribution < 1.29 is 9.44 Å². The predicted molar refractivity (Wildman–Crippen MR) is 112 cm³/mol. The van der Waals surface area contributed by atoms with Crippen LogP contribution in [0.5, 0.6) is 0 Å². The average molecular weight is 488 g/mol. The van der Waals surface area contributed by atoms with Crippen molar-refractivity contribution in [1.82, 2.24) is 0 Å². The molecule has 0 fully saturated rings. The molecule has 2 nitrogen and oxygen atoms in total. The Morgan fingerprint density at radius 2 is 1.44 bits per heavy atom. The molecule has 5 heteroatoms. The molecule has 0 saturated carbocycles. The van der Waals surface area contributed by atoms with Gasteiger partial charge in [0.25, 0.3) is 0 Å². The number of quaternary nitrogens is 1. The number of rotatable bonds is 11. The number of nitrogens with two attached hydrogens (primary N) is 1. The first kappa shape index (κ1) is 21.1. The van der Waals surface area contributed by atoms with Gasteiger partial charge >= 0.3 is 167 Å². The molecule has 0 bridgehead atoms. The molecule has 2 aromatic rings. The van der Waals surface area contributed by atoms with Crippen LogP contribution in [0.4, 0.5) is 0 Å². The van der Waals surface area contributed by atoms with Gasteiger partial charge in [0.15, 0.2) is 0 Å². The van der Waals surface area contributed by atoms with Gasteiger partial charge in [0.05, 0.1) is 0 Å². The third kappa shape index (κ3) is 8.37. The van der Waals surface area contributed by atoms with Crippen molar-refractivity contribution in [1.29, 1.82) is 0 Å². The first-order chi connectivity index (χ1) is 12.1. The van der Waals surface area contributed by atoms with E-state index in [4.69, 9.17) is 0 Å². The van der Waals surface area contributed by atoms with Gasteiger partial charge in [-0.2, -0.15) is 0 Å². The Morgan fingerprint density at radius 3 is 1.88 bits per heavy atom. The second-order valence-corrected chi connectivity index (χ2v) is 23.4. The summed E-state index contributed by atoms with van der Waals surface area (Å²) in [5, 5.41) is 9.85. The van der Waals surface area contributed by atoms with Gasteiger partial charge < -0.3 is 0 Å². The molecule has 0 saturated heterocycles. The Bertz CT molecular complexity index is 554. The van der Waals surface area contributed by atoms with Crippen LogP contribution in [-0.4, -0.2) is 60.4 Å². The number of benzene rings is 2. The summed E-state index contributed by atoms with van der Waals surface area (Å²) >= 11 is 4.14. The van der Waals surface area contributed by atoms with Crippen molar-refractivity contribution in [2.75, 3.05) is 18.9 Å². The van der Waals surface area contributed by atoms with Crippen LogP contribution in [-0.2, 0) is 12.8 Å². The second kappa shape index (κ2) is 11.5. The molecule has 1 atom stereocenters. The van der Waals surface area contributed by atoms with Crippen molar-refractivity contribution in [2.24, 2.45) is 0 Å². The fraction of sp³-hybridized carbons (Fsp3) is 0.400. The third-order valence-corrected chi connectivity index (χ3v) is 17.8. The van der Waals surface area contributed by atoms with Crippen molar-refractivity contribution in [3.05, 3.63) is 71.8 Å². The van der Waals surface area contributed by atoms with Gasteiger partial charge in [0.2, 0.25) is 0 Å². The van der Waals surface area contributed by atoms with Crippen LogP contribution in [0.1, 0.15) is 24.5 Å². The van der Waals surface area contributed by atoms with Crippen molar-refractivity contribution in [3.8, 4) is 0 Å². The van der Waals surface area contributed by atoms with E-state index in [9.17, 15) is 5.11 Å². The van der Waals surface area contributed by atoms with Crippen LogP contribution in [0.3, 0.4) is 0 Å². The zero-order valence-corrected chi connectivity index (χ0v) is 19.2. The fourth-order valence-electron chi connectivity index (χ4n) is 2.56. The van der Waals surface area contributed by atoms with Crippen molar-refractivity contribution in [2.45, 2.75) is 32.3 Å². The summed E-state index contributed by atoms with van der Waals surface area (Å²) in [6.45, 7) is 2.90. The van der Waals surface area contributed by atoms with E-state index in [1.54, 1.807) is 0 Å². The quantitative estimate of drug-likeness (QED) is 0.370. The summed E-state index contributed by atoms with van der Waals surface area (Å²) in [6.07, 6.45) is 5.52. The Labute approximate surface area is 166 Å². The molecule has 0 unspecified atom stereocenters. The maximum absolute atomic E-state index is 9.85. The molecular formula is C20H29NOPSe2+2. The van der Waals surface area contributed by atoms with Crippen LogP contribution < -0.4 is 4.33 Å². The molecule has 0 amide bonds. The summed E-state index contributed by atoms with van der Waals surface area (Å²) in [4.78, 5) is 0. The fourth-order valence-corrected chi connectivity index (χ4v) is 12.9. The molecule has 0 aliphatic carbocycles. The van der Waals surface area contributed by atoms with Crippen LogP contribution >= 0.6 is 4.64 Å². The van der Waals surface area contributed by atoms with Crippen LogP contribution in [0.25, 0.3) is 0 Å². The average Bonchev–Trinajstić information content (AvgIpc) is 2.66. The molecule has 0 spiro atoms. The predicted octanol–water partition coefficient (Wildman–Crippen LogP) is 2.44. The number of aliphatic hydroxyl groups excluding tert-OH is 1. The molecule has 0 aliphatic rings. The Kier molecular flexibility index (Phi) is 9.74. The van der Waals surface area contributed by atoms with Crippen LogP contribution in [0, 0.1) is 0 Å². The van der Waals surface area contributed by atoms with Gasteiger partial charge in [-0.3, -0.25) is 0 Å². The van der Waals surface area contributed by atoms with Crippen LogP contribution in [0.2, 0.25) is 0 Å². The zero-order valence-electron chi connectivity index (χ0n) is 14.9. The molecular weight excluding hydrogens is 459 g/mol. The molecule has 1 radical (unpaired) electrons. The Balaban J connectivity index is 1.93. The normalized spacial score (nSPS) is 12.9. The van der Waals surface area contributed by atoms with E-state index >= 15 is 0 Å². The summed E-state index contributed by atoms with van der Waals surface area (Å²) in [5.74, 6) is 0. The molecule has 135 valence electrons. The second-order valence-electron chi connectivity index (χ2n) is 6.30. The maximum atomic E-state index is 9.85. The Hall–Kier alpha value is -0.171. The minimum absolute atomic E-state index is 0.168. The van der Waals surface area contributed by atoms with Crippen molar-refractivity contribution >= 4 is 34.9 Å². The van der Waals surface area contributed by atoms with E-state index in [1.165, 1.54) is 23.5 Å². The monoisotopic (exact) mass is 490 g/mol. The standard InChI is InChI=1S/C20H28NOPSe2/c1-2-20(22)17-21-25-23(24,15-13-18-9-5-3-6-10-18)16-14-19-11-7-4-8-12-19/h3-12,20-22H,2,13-17H2,1H3/q+1/p+1/t20-/m1/s1. The van der Waals surface area contributed by atoms with Gasteiger partial charge in [-0.25, -0.2) is 0 Å². The molecule has 25 heavy (non-hydrogen) atoms. The number of hydrogen-bond donors (Lipinski definition) is 2. The summed E-state index contributed by atoms with van der Waals surface area (Å²) < 4.78 is 1.29.